The Morgan fingerprint density at radius 2 is 2.20 bits per heavy atom. The fourth-order valence-corrected chi connectivity index (χ4v) is 1.21. The minimum atomic E-state index is 0.423. The van der Waals surface area contributed by atoms with Crippen LogP contribution in [0, 0.1) is 6.92 Å². The second-order valence-corrected chi connectivity index (χ2v) is 3.43. The molecule has 0 bridgehead atoms. The Morgan fingerprint density at radius 3 is 2.87 bits per heavy atom. The van der Waals surface area contributed by atoms with E-state index < -0.39 is 0 Å². The molecule has 0 radical (unpaired) electrons. The van der Waals surface area contributed by atoms with E-state index in [1.165, 1.54) is 0 Å². The molecule has 15 heavy (non-hydrogen) atoms. The Balaban J connectivity index is 2.22. The summed E-state index contributed by atoms with van der Waals surface area (Å²) in [6.07, 6.45) is 3.43. The van der Waals surface area contributed by atoms with E-state index in [0.717, 1.165) is 11.3 Å². The zero-order valence-corrected chi connectivity index (χ0v) is 8.86. The molecule has 5 heteroatoms. The molecule has 2 aromatic rings. The monoisotopic (exact) mass is 220 g/mol. The minimum absolute atomic E-state index is 0.423. The number of aryl methyl sites for hydroxylation is 1. The number of aromatic nitrogens is 3. The lowest BCUT2D eigenvalue weighted by atomic mass is 10.3. The molecule has 2 heterocycles. The van der Waals surface area contributed by atoms with Crippen molar-refractivity contribution in [3.63, 3.8) is 0 Å². The fourth-order valence-electron chi connectivity index (χ4n) is 1.12. The highest BCUT2D eigenvalue weighted by molar-refractivity contribution is 6.30. The van der Waals surface area contributed by atoms with Crippen LogP contribution in [0.3, 0.4) is 0 Å². The predicted molar refractivity (Wildman–Crippen MR) is 59.3 cm³/mol. The molecular weight excluding hydrogens is 212 g/mol. The Kier molecular flexibility index (Phi) is 2.78. The van der Waals surface area contributed by atoms with E-state index in [1.807, 2.05) is 25.1 Å². The highest BCUT2D eigenvalue weighted by Crippen LogP contribution is 2.16. The van der Waals surface area contributed by atoms with Crippen molar-refractivity contribution in [2.24, 2.45) is 0 Å². The summed E-state index contributed by atoms with van der Waals surface area (Å²) in [5, 5.41) is 11.2. The highest BCUT2D eigenvalue weighted by Gasteiger charge is 2.00. The van der Waals surface area contributed by atoms with Gasteiger partial charge in [-0.15, -0.1) is 10.2 Å². The summed E-state index contributed by atoms with van der Waals surface area (Å²) in [6, 6.07) is 5.58. The van der Waals surface area contributed by atoms with Gasteiger partial charge < -0.3 is 5.32 Å². The van der Waals surface area contributed by atoms with Crippen molar-refractivity contribution in [3.05, 3.63) is 41.3 Å². The molecule has 0 fully saturated rings. The van der Waals surface area contributed by atoms with Crippen molar-refractivity contribution in [2.75, 3.05) is 5.32 Å². The second kappa shape index (κ2) is 4.23. The van der Waals surface area contributed by atoms with Crippen LogP contribution in [-0.2, 0) is 0 Å². The van der Waals surface area contributed by atoms with Gasteiger partial charge in [-0.25, -0.2) is 0 Å². The Morgan fingerprint density at radius 1 is 1.33 bits per heavy atom. The maximum absolute atomic E-state index is 5.77. The van der Waals surface area contributed by atoms with E-state index >= 15 is 0 Å². The number of hydrogen-bond acceptors (Lipinski definition) is 4. The zero-order chi connectivity index (χ0) is 10.7. The molecule has 0 unspecified atom stereocenters. The summed E-state index contributed by atoms with van der Waals surface area (Å²) in [5.41, 5.74) is 1.76. The molecule has 0 atom stereocenters. The molecule has 0 saturated carbocycles. The third kappa shape index (κ3) is 2.41. The number of hydrogen-bond donors (Lipinski definition) is 1. The van der Waals surface area contributed by atoms with Crippen LogP contribution in [0.4, 0.5) is 11.5 Å². The molecule has 0 amide bonds. The van der Waals surface area contributed by atoms with E-state index in [0.29, 0.717) is 11.0 Å². The van der Waals surface area contributed by atoms with Crippen LogP contribution < -0.4 is 5.32 Å². The van der Waals surface area contributed by atoms with Gasteiger partial charge in [0.1, 0.15) is 0 Å². The van der Waals surface area contributed by atoms with Crippen molar-refractivity contribution >= 4 is 23.1 Å². The van der Waals surface area contributed by atoms with E-state index in [4.69, 9.17) is 11.6 Å². The maximum atomic E-state index is 5.77. The van der Waals surface area contributed by atoms with Crippen molar-refractivity contribution < 1.29 is 0 Å². The lowest BCUT2D eigenvalue weighted by Crippen LogP contribution is -1.97. The first-order chi connectivity index (χ1) is 7.25. The quantitative estimate of drug-likeness (QED) is 0.845. The topological polar surface area (TPSA) is 50.7 Å². The number of nitrogens with one attached hydrogen (secondary N) is 1. The molecule has 0 spiro atoms. The minimum Gasteiger partial charge on any atom is -0.337 e. The molecule has 2 rings (SSSR count). The number of rotatable bonds is 2. The molecular formula is C10H9ClN4. The SMILES string of the molecule is Cc1cc(Nc2cccnc2)nnc1Cl. The Bertz CT molecular complexity index is 458. The maximum Gasteiger partial charge on any atom is 0.154 e. The van der Waals surface area contributed by atoms with E-state index in [1.54, 1.807) is 12.4 Å². The summed E-state index contributed by atoms with van der Waals surface area (Å²) in [4.78, 5) is 3.98. The summed E-state index contributed by atoms with van der Waals surface area (Å²) in [7, 11) is 0. The van der Waals surface area contributed by atoms with Gasteiger partial charge in [-0.05, 0) is 30.7 Å². The largest absolute Gasteiger partial charge is 0.337 e. The Labute approximate surface area is 92.3 Å². The molecule has 0 aromatic carbocycles. The van der Waals surface area contributed by atoms with Gasteiger partial charge >= 0.3 is 0 Å². The molecule has 0 aliphatic heterocycles. The van der Waals surface area contributed by atoms with Gasteiger partial charge in [0, 0.05) is 6.20 Å². The van der Waals surface area contributed by atoms with Gasteiger partial charge in [-0.1, -0.05) is 11.6 Å². The smallest absolute Gasteiger partial charge is 0.154 e. The molecule has 4 nitrogen and oxygen atoms in total. The Hall–Kier alpha value is -1.68. The van der Waals surface area contributed by atoms with Crippen molar-refractivity contribution in [1.82, 2.24) is 15.2 Å². The van der Waals surface area contributed by atoms with E-state index in [-0.39, 0.29) is 0 Å². The van der Waals surface area contributed by atoms with Crippen LogP contribution in [-0.4, -0.2) is 15.2 Å². The number of pyridine rings is 1. The third-order valence-electron chi connectivity index (χ3n) is 1.86. The van der Waals surface area contributed by atoms with Crippen LogP contribution in [0.1, 0.15) is 5.56 Å². The summed E-state index contributed by atoms with van der Waals surface area (Å²) >= 11 is 5.77. The van der Waals surface area contributed by atoms with Crippen molar-refractivity contribution in [3.8, 4) is 0 Å². The third-order valence-corrected chi connectivity index (χ3v) is 2.23. The molecule has 0 aliphatic rings. The van der Waals surface area contributed by atoms with Gasteiger partial charge in [0.15, 0.2) is 11.0 Å². The van der Waals surface area contributed by atoms with E-state index in [2.05, 4.69) is 20.5 Å². The standard InChI is InChI=1S/C10H9ClN4/c1-7-5-9(14-15-10(7)11)13-8-3-2-4-12-6-8/h2-6H,1H3,(H,13,14). The van der Waals surface area contributed by atoms with Crippen molar-refractivity contribution in [1.29, 1.82) is 0 Å². The second-order valence-electron chi connectivity index (χ2n) is 3.07. The first-order valence-electron chi connectivity index (χ1n) is 4.42. The fraction of sp³-hybridized carbons (Fsp3) is 0.100. The molecule has 0 aliphatic carbocycles. The molecule has 2 aromatic heterocycles. The van der Waals surface area contributed by atoms with Gasteiger partial charge in [0.2, 0.25) is 0 Å². The van der Waals surface area contributed by atoms with Gasteiger partial charge in [-0.2, -0.15) is 0 Å². The highest BCUT2D eigenvalue weighted by atomic mass is 35.5. The first kappa shape index (κ1) is 9.86. The predicted octanol–water partition coefficient (Wildman–Crippen LogP) is 2.58. The average Bonchev–Trinajstić information content (AvgIpc) is 2.25. The number of nitrogens with zero attached hydrogens (tertiary/aromatic N) is 3. The zero-order valence-electron chi connectivity index (χ0n) is 8.11. The van der Waals surface area contributed by atoms with E-state index in [9.17, 15) is 0 Å². The summed E-state index contributed by atoms with van der Waals surface area (Å²) < 4.78 is 0. The van der Waals surface area contributed by atoms with Gasteiger partial charge in [-0.3, -0.25) is 4.98 Å². The normalized spacial score (nSPS) is 10.0. The van der Waals surface area contributed by atoms with Crippen LogP contribution in [0.2, 0.25) is 5.15 Å². The first-order valence-corrected chi connectivity index (χ1v) is 4.80. The molecule has 76 valence electrons. The molecule has 0 saturated heterocycles. The summed E-state index contributed by atoms with van der Waals surface area (Å²) in [5.74, 6) is 0.657. The summed E-state index contributed by atoms with van der Waals surface area (Å²) in [6.45, 7) is 1.88. The van der Waals surface area contributed by atoms with Gasteiger partial charge in [0.05, 0.1) is 11.9 Å². The van der Waals surface area contributed by atoms with Crippen LogP contribution >= 0.6 is 11.6 Å². The van der Waals surface area contributed by atoms with Crippen LogP contribution in [0.5, 0.6) is 0 Å². The van der Waals surface area contributed by atoms with Crippen molar-refractivity contribution in [2.45, 2.75) is 6.92 Å². The molecule has 1 N–H and O–H groups in total. The van der Waals surface area contributed by atoms with Crippen LogP contribution in [0.15, 0.2) is 30.6 Å². The van der Waals surface area contributed by atoms with Crippen LogP contribution in [0.25, 0.3) is 0 Å². The average molecular weight is 221 g/mol. The lowest BCUT2D eigenvalue weighted by Gasteiger charge is -2.04. The van der Waals surface area contributed by atoms with Gasteiger partial charge in [0.25, 0.3) is 0 Å². The number of anilines is 2. The number of halogens is 1. The lowest BCUT2D eigenvalue weighted by molar-refractivity contribution is 1.02.